The van der Waals surface area contributed by atoms with E-state index in [9.17, 15) is 8.42 Å². The van der Waals surface area contributed by atoms with Crippen LogP contribution >= 0.6 is 11.3 Å². The van der Waals surface area contributed by atoms with E-state index >= 15 is 0 Å². The van der Waals surface area contributed by atoms with Gasteiger partial charge < -0.3 is 5.32 Å². The lowest BCUT2D eigenvalue weighted by Crippen LogP contribution is -2.35. The quantitative estimate of drug-likeness (QED) is 0.908. The van der Waals surface area contributed by atoms with Gasteiger partial charge in [-0.25, -0.2) is 8.42 Å². The molecule has 0 amide bonds. The number of hydrogen-bond acceptors (Lipinski definition) is 4. The molecule has 1 N–H and O–H groups in total. The van der Waals surface area contributed by atoms with E-state index in [1.54, 1.807) is 10.4 Å². The Kier molecular flexibility index (Phi) is 4.19. The third-order valence-corrected chi connectivity index (χ3v) is 6.28. The van der Waals surface area contributed by atoms with Crippen LogP contribution in [0.4, 0.5) is 0 Å². The van der Waals surface area contributed by atoms with Crippen LogP contribution in [0.1, 0.15) is 24.8 Å². The van der Waals surface area contributed by atoms with E-state index in [-0.39, 0.29) is 0 Å². The molecule has 1 saturated heterocycles. The lowest BCUT2D eigenvalue weighted by Gasteiger charge is -2.25. The fraction of sp³-hybridized carbons (Fsp3) is 0.636. The molecule has 0 aromatic carbocycles. The highest BCUT2D eigenvalue weighted by Gasteiger charge is 2.27. The van der Waals surface area contributed by atoms with Crippen molar-refractivity contribution in [2.45, 2.75) is 30.0 Å². The van der Waals surface area contributed by atoms with E-state index in [2.05, 4.69) is 5.32 Å². The molecule has 1 aromatic heterocycles. The molecule has 0 aliphatic carbocycles. The highest BCUT2D eigenvalue weighted by Crippen LogP contribution is 2.26. The van der Waals surface area contributed by atoms with Gasteiger partial charge in [0, 0.05) is 19.6 Å². The van der Waals surface area contributed by atoms with Crippen LogP contribution in [0.25, 0.3) is 0 Å². The first kappa shape index (κ1) is 13.0. The van der Waals surface area contributed by atoms with E-state index in [0.29, 0.717) is 23.8 Å². The minimum Gasteiger partial charge on any atom is -0.316 e. The molecule has 2 heterocycles. The molecule has 4 nitrogen and oxygen atoms in total. The van der Waals surface area contributed by atoms with E-state index in [4.69, 9.17) is 0 Å². The normalized spacial score (nSPS) is 18.4. The van der Waals surface area contributed by atoms with Crippen molar-refractivity contribution in [3.63, 3.8) is 0 Å². The molecular formula is C11H18N2O2S2. The van der Waals surface area contributed by atoms with Crippen molar-refractivity contribution in [3.05, 3.63) is 17.0 Å². The molecule has 0 saturated carbocycles. The molecular weight excluding hydrogens is 256 g/mol. The van der Waals surface area contributed by atoms with Gasteiger partial charge in [-0.3, -0.25) is 0 Å². The van der Waals surface area contributed by atoms with Crippen molar-refractivity contribution in [2.75, 3.05) is 20.1 Å². The maximum atomic E-state index is 12.3. The Morgan fingerprint density at radius 2 is 2.06 bits per heavy atom. The lowest BCUT2D eigenvalue weighted by molar-refractivity contribution is 0.347. The van der Waals surface area contributed by atoms with Gasteiger partial charge in [-0.05, 0) is 36.9 Å². The SMILES string of the molecule is CNCc1csc(S(=O)(=O)N2CCCCC2)c1. The summed E-state index contributed by atoms with van der Waals surface area (Å²) >= 11 is 1.32. The number of hydrogen-bond donors (Lipinski definition) is 1. The van der Waals surface area contributed by atoms with Gasteiger partial charge in [-0.15, -0.1) is 11.3 Å². The first-order chi connectivity index (χ1) is 8.14. The van der Waals surface area contributed by atoms with Crippen LogP contribution in [0, 0.1) is 0 Å². The standard InChI is InChI=1S/C11H18N2O2S2/c1-12-8-10-7-11(16-9-10)17(14,15)13-5-3-2-4-6-13/h7,9,12H,2-6,8H2,1H3. The largest absolute Gasteiger partial charge is 0.316 e. The Morgan fingerprint density at radius 1 is 1.35 bits per heavy atom. The topological polar surface area (TPSA) is 49.4 Å². The molecule has 0 radical (unpaired) electrons. The van der Waals surface area contributed by atoms with Gasteiger partial charge in [0.15, 0.2) is 0 Å². The highest BCUT2D eigenvalue weighted by atomic mass is 32.2. The summed E-state index contributed by atoms with van der Waals surface area (Å²) in [5.74, 6) is 0. The first-order valence-electron chi connectivity index (χ1n) is 5.87. The minimum absolute atomic E-state index is 0.477. The summed E-state index contributed by atoms with van der Waals surface area (Å²) < 4.78 is 26.7. The van der Waals surface area contributed by atoms with Crippen molar-refractivity contribution in [1.82, 2.24) is 9.62 Å². The number of rotatable bonds is 4. The van der Waals surface area contributed by atoms with E-state index in [0.717, 1.165) is 24.8 Å². The molecule has 1 fully saturated rings. The van der Waals surface area contributed by atoms with Gasteiger partial charge >= 0.3 is 0 Å². The van der Waals surface area contributed by atoms with Gasteiger partial charge in [0.2, 0.25) is 0 Å². The number of nitrogens with one attached hydrogen (secondary N) is 1. The number of piperidine rings is 1. The van der Waals surface area contributed by atoms with Crippen LogP contribution in [0.2, 0.25) is 0 Å². The summed E-state index contributed by atoms with van der Waals surface area (Å²) in [6.07, 6.45) is 3.10. The summed E-state index contributed by atoms with van der Waals surface area (Å²) in [6, 6.07) is 1.78. The first-order valence-corrected chi connectivity index (χ1v) is 8.19. The zero-order chi connectivity index (χ0) is 12.3. The van der Waals surface area contributed by atoms with Gasteiger partial charge in [0.25, 0.3) is 10.0 Å². The molecule has 1 aromatic rings. The maximum absolute atomic E-state index is 12.3. The zero-order valence-electron chi connectivity index (χ0n) is 9.98. The monoisotopic (exact) mass is 274 g/mol. The second kappa shape index (κ2) is 5.48. The Balaban J connectivity index is 2.18. The molecule has 0 atom stereocenters. The van der Waals surface area contributed by atoms with Crippen LogP contribution in [0.3, 0.4) is 0 Å². The molecule has 1 aliphatic heterocycles. The lowest BCUT2D eigenvalue weighted by atomic mass is 10.2. The Bertz CT molecular complexity index is 462. The van der Waals surface area contributed by atoms with Crippen LogP contribution < -0.4 is 5.32 Å². The molecule has 0 spiro atoms. The van der Waals surface area contributed by atoms with Gasteiger partial charge in [0.1, 0.15) is 4.21 Å². The fourth-order valence-corrected chi connectivity index (χ4v) is 4.90. The smallest absolute Gasteiger partial charge is 0.252 e. The van der Waals surface area contributed by atoms with Crippen molar-refractivity contribution >= 4 is 21.4 Å². The second-order valence-electron chi connectivity index (χ2n) is 4.27. The molecule has 2 rings (SSSR count). The fourth-order valence-electron chi connectivity index (χ4n) is 2.02. The molecule has 17 heavy (non-hydrogen) atoms. The molecule has 6 heteroatoms. The Labute approximate surface area is 107 Å². The third kappa shape index (κ3) is 2.88. The molecule has 0 unspecified atom stereocenters. The predicted molar refractivity (Wildman–Crippen MR) is 69.7 cm³/mol. The van der Waals surface area contributed by atoms with Crippen LogP contribution in [0.15, 0.2) is 15.7 Å². The second-order valence-corrected chi connectivity index (χ2v) is 7.35. The van der Waals surface area contributed by atoms with E-state index < -0.39 is 10.0 Å². The summed E-state index contributed by atoms with van der Waals surface area (Å²) in [6.45, 7) is 2.05. The van der Waals surface area contributed by atoms with Crippen molar-refractivity contribution in [3.8, 4) is 0 Å². The molecule has 0 bridgehead atoms. The van der Waals surface area contributed by atoms with Crippen molar-refractivity contribution < 1.29 is 8.42 Å². The number of thiophene rings is 1. The Hall–Kier alpha value is -0.430. The predicted octanol–water partition coefficient (Wildman–Crippen LogP) is 1.64. The third-order valence-electron chi connectivity index (χ3n) is 2.92. The van der Waals surface area contributed by atoms with Crippen molar-refractivity contribution in [1.29, 1.82) is 0 Å². The maximum Gasteiger partial charge on any atom is 0.252 e. The van der Waals surface area contributed by atoms with Crippen LogP contribution in [-0.2, 0) is 16.6 Å². The minimum atomic E-state index is -3.24. The van der Waals surface area contributed by atoms with E-state index in [1.165, 1.54) is 11.3 Å². The summed E-state index contributed by atoms with van der Waals surface area (Å²) in [5.41, 5.74) is 1.04. The molecule has 96 valence electrons. The van der Waals surface area contributed by atoms with Gasteiger partial charge in [0.05, 0.1) is 0 Å². The summed E-state index contributed by atoms with van der Waals surface area (Å²) in [4.78, 5) is 0. The Morgan fingerprint density at radius 3 is 2.71 bits per heavy atom. The van der Waals surface area contributed by atoms with Gasteiger partial charge in [-0.2, -0.15) is 4.31 Å². The van der Waals surface area contributed by atoms with E-state index in [1.807, 2.05) is 12.4 Å². The summed E-state index contributed by atoms with van der Waals surface area (Å²) in [7, 11) is -1.38. The highest BCUT2D eigenvalue weighted by molar-refractivity contribution is 7.91. The van der Waals surface area contributed by atoms with Crippen LogP contribution in [0.5, 0.6) is 0 Å². The summed E-state index contributed by atoms with van der Waals surface area (Å²) in [5, 5.41) is 4.94. The zero-order valence-corrected chi connectivity index (χ0v) is 11.6. The van der Waals surface area contributed by atoms with Gasteiger partial charge in [-0.1, -0.05) is 6.42 Å². The van der Waals surface area contributed by atoms with Crippen molar-refractivity contribution in [2.24, 2.45) is 0 Å². The number of nitrogens with zero attached hydrogens (tertiary/aromatic N) is 1. The average molecular weight is 274 g/mol. The van der Waals surface area contributed by atoms with Crippen LogP contribution in [-0.4, -0.2) is 32.9 Å². The molecule has 1 aliphatic rings. The average Bonchev–Trinajstić information content (AvgIpc) is 2.80. The number of sulfonamides is 1.